The highest BCUT2D eigenvalue weighted by Crippen LogP contribution is 2.32. The fraction of sp³-hybridized carbons (Fsp3) is 0.536. The third-order valence-corrected chi connectivity index (χ3v) is 6.95. The van der Waals surface area contributed by atoms with Gasteiger partial charge < -0.3 is 29.5 Å². The first-order chi connectivity index (χ1) is 17.1. The number of aliphatic hydroxyl groups is 1. The Bertz CT molecular complexity index is 1020. The largest absolute Gasteiger partial charge is 0.497 e. The number of carbonyl (C=O) groups excluding carboxylic acids is 1. The van der Waals surface area contributed by atoms with E-state index in [-0.39, 0.29) is 24.6 Å². The number of carbonyl (C=O) groups is 1. The standard InChI is InChI=1S/C28H41N3O5/c1-18-19(2)27(36-17-23(32)16-30(4)5)9-8-26(18)20(3)31-11-10-22(15-31)29-28(33)21-12-24(34-6)14-25(13-21)35-7/h8-9,12-14,20,22-23,32H,10-11,15-17H2,1-7H3,(H,29,33)/t20?,22-,23-/m1/s1. The lowest BCUT2D eigenvalue weighted by Crippen LogP contribution is -2.37. The smallest absolute Gasteiger partial charge is 0.251 e. The second kappa shape index (κ2) is 12.4. The lowest BCUT2D eigenvalue weighted by molar-refractivity contribution is 0.0827. The first-order valence-electron chi connectivity index (χ1n) is 12.5. The maximum Gasteiger partial charge on any atom is 0.251 e. The number of ether oxygens (including phenoxy) is 3. The molecule has 1 unspecified atom stereocenters. The molecule has 0 radical (unpaired) electrons. The van der Waals surface area contributed by atoms with Gasteiger partial charge in [-0.1, -0.05) is 6.07 Å². The first-order valence-corrected chi connectivity index (χ1v) is 12.5. The lowest BCUT2D eigenvalue weighted by Gasteiger charge is -2.27. The molecule has 0 bridgehead atoms. The molecule has 3 rings (SSSR count). The van der Waals surface area contributed by atoms with Crippen LogP contribution in [0.4, 0.5) is 0 Å². The number of likely N-dealkylation sites (tertiary alicyclic amines) is 1. The van der Waals surface area contributed by atoms with Crippen LogP contribution in [0.15, 0.2) is 30.3 Å². The number of aliphatic hydroxyl groups excluding tert-OH is 1. The van der Waals surface area contributed by atoms with Crippen molar-refractivity contribution in [3.05, 3.63) is 52.6 Å². The molecule has 8 nitrogen and oxygen atoms in total. The average Bonchev–Trinajstić information content (AvgIpc) is 3.32. The van der Waals surface area contributed by atoms with Crippen LogP contribution in [0.2, 0.25) is 0 Å². The number of benzene rings is 2. The molecule has 0 saturated carbocycles. The van der Waals surface area contributed by atoms with Crippen LogP contribution < -0.4 is 19.5 Å². The highest BCUT2D eigenvalue weighted by Gasteiger charge is 2.29. The van der Waals surface area contributed by atoms with Gasteiger partial charge in [0.1, 0.15) is 30.0 Å². The molecule has 0 aliphatic carbocycles. The third-order valence-electron chi connectivity index (χ3n) is 6.95. The van der Waals surface area contributed by atoms with Gasteiger partial charge in [-0.25, -0.2) is 0 Å². The molecule has 1 amide bonds. The molecule has 2 aromatic carbocycles. The minimum absolute atomic E-state index is 0.0688. The zero-order chi connectivity index (χ0) is 26.4. The van der Waals surface area contributed by atoms with Crippen LogP contribution in [0.1, 0.15) is 46.4 Å². The topological polar surface area (TPSA) is 83.5 Å². The summed E-state index contributed by atoms with van der Waals surface area (Å²) in [6, 6.07) is 9.60. The van der Waals surface area contributed by atoms with E-state index in [1.807, 2.05) is 25.1 Å². The summed E-state index contributed by atoms with van der Waals surface area (Å²) in [6.07, 6.45) is 0.355. The Morgan fingerprint density at radius 1 is 1.14 bits per heavy atom. The maximum absolute atomic E-state index is 12.9. The van der Waals surface area contributed by atoms with Gasteiger partial charge in [0.15, 0.2) is 0 Å². The highest BCUT2D eigenvalue weighted by atomic mass is 16.5. The molecule has 1 fully saturated rings. The van der Waals surface area contributed by atoms with Crippen molar-refractivity contribution in [2.24, 2.45) is 0 Å². The van der Waals surface area contributed by atoms with Crippen molar-refractivity contribution in [3.8, 4) is 17.2 Å². The highest BCUT2D eigenvalue weighted by molar-refractivity contribution is 5.95. The van der Waals surface area contributed by atoms with E-state index < -0.39 is 6.10 Å². The Labute approximate surface area is 215 Å². The van der Waals surface area contributed by atoms with Crippen LogP contribution >= 0.6 is 0 Å². The van der Waals surface area contributed by atoms with E-state index in [2.05, 4.69) is 37.1 Å². The van der Waals surface area contributed by atoms with Crippen LogP contribution in [0.5, 0.6) is 17.2 Å². The summed E-state index contributed by atoms with van der Waals surface area (Å²) in [5, 5.41) is 13.3. The summed E-state index contributed by atoms with van der Waals surface area (Å²) in [7, 11) is 7.01. The zero-order valence-corrected chi connectivity index (χ0v) is 22.6. The molecule has 0 aromatic heterocycles. The predicted molar refractivity (Wildman–Crippen MR) is 141 cm³/mol. The van der Waals surface area contributed by atoms with Gasteiger partial charge in [-0.15, -0.1) is 0 Å². The van der Waals surface area contributed by atoms with Crippen LogP contribution in [0.25, 0.3) is 0 Å². The Kier molecular flexibility index (Phi) is 9.59. The average molecular weight is 500 g/mol. The van der Waals surface area contributed by atoms with Gasteiger partial charge >= 0.3 is 0 Å². The van der Waals surface area contributed by atoms with E-state index >= 15 is 0 Å². The van der Waals surface area contributed by atoms with E-state index in [0.29, 0.717) is 23.6 Å². The molecule has 2 aromatic rings. The summed E-state index contributed by atoms with van der Waals surface area (Å²) in [4.78, 5) is 17.3. The molecule has 2 N–H and O–H groups in total. The monoisotopic (exact) mass is 499 g/mol. The molecule has 8 heteroatoms. The molecule has 3 atom stereocenters. The molecular formula is C28H41N3O5. The number of hydrogen-bond acceptors (Lipinski definition) is 7. The molecule has 1 aliphatic heterocycles. The van der Waals surface area contributed by atoms with Crippen LogP contribution in [-0.4, -0.2) is 87.5 Å². The predicted octanol–water partition coefficient (Wildman–Crippen LogP) is 3.19. The Morgan fingerprint density at radius 2 is 1.81 bits per heavy atom. The van der Waals surface area contributed by atoms with Gasteiger partial charge in [-0.2, -0.15) is 0 Å². The SMILES string of the molecule is COc1cc(OC)cc(C(=O)N[C@@H]2CCN(C(C)c3ccc(OC[C@H](O)CN(C)C)c(C)c3C)C2)c1. The summed E-state index contributed by atoms with van der Waals surface area (Å²) < 4.78 is 16.5. The fourth-order valence-corrected chi connectivity index (χ4v) is 4.75. The van der Waals surface area contributed by atoms with Gasteiger partial charge in [0.05, 0.1) is 14.2 Å². The van der Waals surface area contributed by atoms with Crippen molar-refractivity contribution < 1.29 is 24.1 Å². The van der Waals surface area contributed by atoms with Gasteiger partial charge in [0.25, 0.3) is 5.91 Å². The second-order valence-electron chi connectivity index (χ2n) is 9.86. The van der Waals surface area contributed by atoms with E-state index in [9.17, 15) is 9.90 Å². The zero-order valence-electron chi connectivity index (χ0n) is 22.6. The van der Waals surface area contributed by atoms with E-state index in [0.717, 1.165) is 30.8 Å². The third kappa shape index (κ3) is 6.90. The van der Waals surface area contributed by atoms with Crippen molar-refractivity contribution >= 4 is 5.91 Å². The molecule has 1 aliphatic rings. The first kappa shape index (κ1) is 27.8. The van der Waals surface area contributed by atoms with Crippen LogP contribution in [0, 0.1) is 13.8 Å². The summed E-state index contributed by atoms with van der Waals surface area (Å²) in [5.41, 5.74) is 4.05. The second-order valence-corrected chi connectivity index (χ2v) is 9.86. The van der Waals surface area contributed by atoms with E-state index in [4.69, 9.17) is 14.2 Å². The van der Waals surface area contributed by atoms with E-state index in [1.54, 1.807) is 32.4 Å². The van der Waals surface area contributed by atoms with Gasteiger partial charge in [0.2, 0.25) is 0 Å². The lowest BCUT2D eigenvalue weighted by atomic mass is 9.97. The van der Waals surface area contributed by atoms with Crippen LogP contribution in [0.3, 0.4) is 0 Å². The minimum Gasteiger partial charge on any atom is -0.497 e. The quantitative estimate of drug-likeness (QED) is 0.491. The molecule has 0 spiro atoms. The van der Waals surface area contributed by atoms with Crippen molar-refractivity contribution in [1.82, 2.24) is 15.1 Å². The minimum atomic E-state index is -0.534. The summed E-state index contributed by atoms with van der Waals surface area (Å²) in [5.74, 6) is 1.86. The molecule has 1 heterocycles. The number of likely N-dealkylation sites (N-methyl/N-ethyl adjacent to an activating group) is 1. The number of hydrogen-bond donors (Lipinski definition) is 2. The Hall–Kier alpha value is -2.81. The van der Waals surface area contributed by atoms with Crippen molar-refractivity contribution in [3.63, 3.8) is 0 Å². The van der Waals surface area contributed by atoms with Crippen molar-refractivity contribution in [2.75, 3.05) is 54.6 Å². The summed E-state index contributed by atoms with van der Waals surface area (Å²) >= 11 is 0. The molecule has 1 saturated heterocycles. The van der Waals surface area contributed by atoms with Crippen molar-refractivity contribution in [1.29, 1.82) is 0 Å². The fourth-order valence-electron chi connectivity index (χ4n) is 4.75. The van der Waals surface area contributed by atoms with Crippen LogP contribution in [-0.2, 0) is 0 Å². The normalized spacial score (nSPS) is 17.6. The molecule has 198 valence electrons. The van der Waals surface area contributed by atoms with Gasteiger partial charge in [0, 0.05) is 43.3 Å². The van der Waals surface area contributed by atoms with E-state index in [1.165, 1.54) is 11.1 Å². The number of amides is 1. The number of nitrogens with one attached hydrogen (secondary N) is 1. The number of methoxy groups -OCH3 is 2. The van der Waals surface area contributed by atoms with Crippen molar-refractivity contribution in [2.45, 2.75) is 45.4 Å². The summed E-state index contributed by atoms with van der Waals surface area (Å²) in [6.45, 7) is 8.90. The molecule has 36 heavy (non-hydrogen) atoms. The number of nitrogens with zero attached hydrogens (tertiary/aromatic N) is 2. The van der Waals surface area contributed by atoms with Gasteiger partial charge in [-0.3, -0.25) is 9.69 Å². The van der Waals surface area contributed by atoms with Gasteiger partial charge in [-0.05, 0) is 76.2 Å². The molecular weight excluding hydrogens is 458 g/mol. The maximum atomic E-state index is 12.9. The number of rotatable bonds is 11. The Balaban J connectivity index is 1.61. The Morgan fingerprint density at radius 3 is 2.42 bits per heavy atom.